The van der Waals surface area contributed by atoms with Crippen molar-refractivity contribution in [1.29, 1.82) is 0 Å². The molecular weight excluding hydrogens is 284 g/mol. The zero-order chi connectivity index (χ0) is 16.4. The van der Waals surface area contributed by atoms with Gasteiger partial charge in [0.25, 0.3) is 0 Å². The normalized spacial score (nSPS) is 12.1. The van der Waals surface area contributed by atoms with E-state index in [0.29, 0.717) is 5.52 Å². The first-order valence-electron chi connectivity index (χ1n) is 7.67. The maximum atomic E-state index is 9.92. The lowest BCUT2D eigenvalue weighted by molar-refractivity contribution is 0.480. The number of phenols is 1. The van der Waals surface area contributed by atoms with E-state index < -0.39 is 0 Å². The number of rotatable bonds is 2. The van der Waals surface area contributed by atoms with Crippen LogP contribution in [0.1, 0.15) is 32.0 Å². The largest absolute Gasteiger partial charge is 0.506 e. The average molecular weight is 304 g/mol. The molecule has 2 aromatic carbocycles. The minimum absolute atomic E-state index is 0.0308. The van der Waals surface area contributed by atoms with E-state index in [0.717, 1.165) is 16.8 Å². The first-order chi connectivity index (χ1) is 10.9. The smallest absolute Gasteiger partial charge is 0.141 e. The summed E-state index contributed by atoms with van der Waals surface area (Å²) in [6.07, 6.45) is 1.75. The van der Waals surface area contributed by atoms with Crippen molar-refractivity contribution in [2.45, 2.75) is 26.2 Å². The SMILES string of the molecule is CC(C)(C)c1ccccc1N=Cc1ccc2cccc(O)c2n1. The summed E-state index contributed by atoms with van der Waals surface area (Å²) in [6, 6.07) is 17.4. The number of pyridine rings is 1. The molecule has 1 N–H and O–H groups in total. The highest BCUT2D eigenvalue weighted by molar-refractivity contribution is 5.89. The Labute approximate surface area is 136 Å². The maximum absolute atomic E-state index is 9.92. The second-order valence-corrected chi connectivity index (χ2v) is 6.61. The predicted octanol–water partition coefficient (Wildman–Crippen LogP) is 4.99. The summed E-state index contributed by atoms with van der Waals surface area (Å²) >= 11 is 0. The van der Waals surface area contributed by atoms with Gasteiger partial charge >= 0.3 is 0 Å². The van der Waals surface area contributed by atoms with Crippen molar-refractivity contribution in [2.75, 3.05) is 0 Å². The van der Waals surface area contributed by atoms with E-state index in [1.165, 1.54) is 5.56 Å². The van der Waals surface area contributed by atoms with Crippen molar-refractivity contribution in [2.24, 2.45) is 4.99 Å². The molecule has 3 aromatic rings. The number of phenolic OH excluding ortho intramolecular Hbond substituents is 1. The fourth-order valence-electron chi connectivity index (χ4n) is 2.57. The van der Waals surface area contributed by atoms with Crippen molar-refractivity contribution in [3.63, 3.8) is 0 Å². The van der Waals surface area contributed by atoms with Gasteiger partial charge in [0.15, 0.2) is 0 Å². The number of hydrogen-bond acceptors (Lipinski definition) is 3. The highest BCUT2D eigenvalue weighted by Gasteiger charge is 2.16. The molecular formula is C20H20N2O. The third-order valence-corrected chi connectivity index (χ3v) is 3.77. The van der Waals surface area contributed by atoms with Crippen molar-refractivity contribution < 1.29 is 5.11 Å². The van der Waals surface area contributed by atoms with Gasteiger partial charge in [-0.1, -0.05) is 57.2 Å². The number of fused-ring (bicyclic) bond motifs is 1. The minimum atomic E-state index is 0.0308. The van der Waals surface area contributed by atoms with E-state index in [4.69, 9.17) is 0 Å². The molecule has 0 aliphatic rings. The number of aromatic hydroxyl groups is 1. The Bertz CT molecular complexity index is 876. The Balaban J connectivity index is 2.00. The van der Waals surface area contributed by atoms with Crippen molar-refractivity contribution in [1.82, 2.24) is 4.98 Å². The van der Waals surface area contributed by atoms with E-state index in [-0.39, 0.29) is 11.2 Å². The maximum Gasteiger partial charge on any atom is 0.141 e. The predicted molar refractivity (Wildman–Crippen MR) is 95.8 cm³/mol. The molecule has 116 valence electrons. The third-order valence-electron chi connectivity index (χ3n) is 3.77. The van der Waals surface area contributed by atoms with E-state index in [1.54, 1.807) is 12.3 Å². The highest BCUT2D eigenvalue weighted by Crippen LogP contribution is 2.31. The molecule has 3 nitrogen and oxygen atoms in total. The summed E-state index contributed by atoms with van der Waals surface area (Å²) in [5.41, 5.74) is 3.49. The summed E-state index contributed by atoms with van der Waals surface area (Å²) in [5.74, 6) is 0.188. The van der Waals surface area contributed by atoms with Crippen LogP contribution in [0.15, 0.2) is 59.6 Å². The number of para-hydroxylation sites is 2. The first-order valence-corrected chi connectivity index (χ1v) is 7.67. The molecule has 3 heteroatoms. The van der Waals surface area contributed by atoms with Crippen LogP contribution in [0.4, 0.5) is 5.69 Å². The van der Waals surface area contributed by atoms with E-state index in [2.05, 4.69) is 36.8 Å². The Kier molecular flexibility index (Phi) is 3.87. The van der Waals surface area contributed by atoms with E-state index in [1.807, 2.05) is 42.5 Å². The van der Waals surface area contributed by atoms with Crippen LogP contribution < -0.4 is 0 Å². The molecule has 0 spiro atoms. The molecule has 0 amide bonds. The summed E-state index contributed by atoms with van der Waals surface area (Å²) in [7, 11) is 0. The summed E-state index contributed by atoms with van der Waals surface area (Å²) in [4.78, 5) is 9.09. The van der Waals surface area contributed by atoms with Gasteiger partial charge in [0.2, 0.25) is 0 Å². The Hall–Kier alpha value is -2.68. The van der Waals surface area contributed by atoms with Gasteiger partial charge in [-0.2, -0.15) is 0 Å². The second-order valence-electron chi connectivity index (χ2n) is 6.61. The fourth-order valence-corrected chi connectivity index (χ4v) is 2.57. The number of aliphatic imine (C=N–C) groups is 1. The van der Waals surface area contributed by atoms with Crippen LogP contribution in [0.25, 0.3) is 10.9 Å². The number of aromatic nitrogens is 1. The number of nitrogens with zero attached hydrogens (tertiary/aromatic N) is 2. The molecule has 0 fully saturated rings. The van der Waals surface area contributed by atoms with Gasteiger partial charge in [-0.05, 0) is 29.2 Å². The van der Waals surface area contributed by atoms with Crippen LogP contribution >= 0.6 is 0 Å². The molecule has 3 rings (SSSR count). The van der Waals surface area contributed by atoms with Gasteiger partial charge in [0.1, 0.15) is 11.3 Å². The minimum Gasteiger partial charge on any atom is -0.506 e. The molecule has 0 bridgehead atoms. The zero-order valence-electron chi connectivity index (χ0n) is 13.6. The third kappa shape index (κ3) is 3.24. The topological polar surface area (TPSA) is 45.5 Å². The van der Waals surface area contributed by atoms with Gasteiger partial charge in [-0.25, -0.2) is 4.98 Å². The standard InChI is InChI=1S/C20H20N2O/c1-20(2,3)16-8-4-5-9-17(16)21-13-15-12-11-14-7-6-10-18(23)19(14)22-15/h4-13,23H,1-3H3. The van der Waals surface area contributed by atoms with Gasteiger partial charge in [-0.3, -0.25) is 4.99 Å². The lowest BCUT2D eigenvalue weighted by Crippen LogP contribution is -2.11. The highest BCUT2D eigenvalue weighted by atomic mass is 16.3. The van der Waals surface area contributed by atoms with Gasteiger partial charge in [-0.15, -0.1) is 0 Å². The molecule has 0 saturated carbocycles. The molecule has 1 heterocycles. The van der Waals surface area contributed by atoms with Crippen molar-refractivity contribution in [3.8, 4) is 5.75 Å². The van der Waals surface area contributed by atoms with Gasteiger partial charge in [0.05, 0.1) is 17.6 Å². The van der Waals surface area contributed by atoms with Gasteiger partial charge in [0, 0.05) is 5.39 Å². The Morgan fingerprint density at radius 1 is 0.957 bits per heavy atom. The summed E-state index contributed by atoms with van der Waals surface area (Å²) in [6.45, 7) is 6.52. The summed E-state index contributed by atoms with van der Waals surface area (Å²) in [5, 5.41) is 10.8. The van der Waals surface area contributed by atoms with Crippen LogP contribution in [-0.4, -0.2) is 16.3 Å². The average Bonchev–Trinajstić information content (AvgIpc) is 2.53. The number of benzene rings is 2. The Morgan fingerprint density at radius 2 is 1.74 bits per heavy atom. The zero-order valence-corrected chi connectivity index (χ0v) is 13.6. The fraction of sp³-hybridized carbons (Fsp3) is 0.200. The van der Waals surface area contributed by atoms with Crippen LogP contribution in [0, 0.1) is 0 Å². The molecule has 23 heavy (non-hydrogen) atoms. The first kappa shape index (κ1) is 15.2. The van der Waals surface area contributed by atoms with E-state index in [9.17, 15) is 5.11 Å². The molecule has 1 aromatic heterocycles. The summed E-state index contributed by atoms with van der Waals surface area (Å²) < 4.78 is 0. The number of hydrogen-bond donors (Lipinski definition) is 1. The van der Waals surface area contributed by atoms with Crippen molar-refractivity contribution >= 4 is 22.8 Å². The molecule has 0 saturated heterocycles. The molecule has 0 unspecified atom stereocenters. The monoisotopic (exact) mass is 304 g/mol. The van der Waals surface area contributed by atoms with Crippen LogP contribution in [0.3, 0.4) is 0 Å². The lowest BCUT2D eigenvalue weighted by Gasteiger charge is -2.20. The van der Waals surface area contributed by atoms with Crippen LogP contribution in [0.2, 0.25) is 0 Å². The molecule has 0 aliphatic carbocycles. The van der Waals surface area contributed by atoms with E-state index >= 15 is 0 Å². The molecule has 0 aliphatic heterocycles. The molecule has 0 radical (unpaired) electrons. The van der Waals surface area contributed by atoms with Crippen LogP contribution in [-0.2, 0) is 5.41 Å². The second kappa shape index (κ2) is 5.84. The van der Waals surface area contributed by atoms with Gasteiger partial charge < -0.3 is 5.11 Å². The lowest BCUT2D eigenvalue weighted by atomic mass is 9.86. The van der Waals surface area contributed by atoms with Crippen LogP contribution in [0.5, 0.6) is 5.75 Å². The van der Waals surface area contributed by atoms with Crippen molar-refractivity contribution in [3.05, 3.63) is 65.9 Å². The Morgan fingerprint density at radius 3 is 2.52 bits per heavy atom. The quantitative estimate of drug-likeness (QED) is 0.678. The molecule has 0 atom stereocenters.